The summed E-state index contributed by atoms with van der Waals surface area (Å²) >= 11 is 0. The van der Waals surface area contributed by atoms with Crippen molar-refractivity contribution in [3.63, 3.8) is 0 Å². The highest BCUT2D eigenvalue weighted by atomic mass is 79.9. The average Bonchev–Trinajstić information content (AvgIpc) is 2.68. The minimum Gasteiger partial charge on any atom is -1.00 e. The fourth-order valence-corrected chi connectivity index (χ4v) is 2.65. The van der Waals surface area contributed by atoms with E-state index < -0.39 is 8.07 Å². The Morgan fingerprint density at radius 3 is 2.65 bits per heavy atom. The van der Waals surface area contributed by atoms with Gasteiger partial charge in [0.1, 0.15) is 14.6 Å². The second-order valence-electron chi connectivity index (χ2n) is 5.72. The SMILES string of the molecule is C=CC[n+]1cn(CC#C[Si](C)(C)C)c2ccccc21.[Br-]. The first-order chi connectivity index (χ1) is 9.01. The number of fused-ring (bicyclic) bond motifs is 1. The van der Waals surface area contributed by atoms with Crippen molar-refractivity contribution >= 4 is 19.1 Å². The van der Waals surface area contributed by atoms with Crippen molar-refractivity contribution in [2.45, 2.75) is 32.7 Å². The Balaban J connectivity index is 0.00000200. The van der Waals surface area contributed by atoms with Gasteiger partial charge in [0.2, 0.25) is 6.33 Å². The molecule has 1 aromatic carbocycles. The van der Waals surface area contributed by atoms with Crippen molar-refractivity contribution in [1.82, 2.24) is 4.57 Å². The molecule has 1 aromatic heterocycles. The maximum Gasteiger partial charge on any atom is 0.245 e. The lowest BCUT2D eigenvalue weighted by molar-refractivity contribution is -0.661. The number of benzene rings is 1. The molecule has 2 nitrogen and oxygen atoms in total. The minimum atomic E-state index is -1.28. The zero-order valence-electron chi connectivity index (χ0n) is 12.4. The van der Waals surface area contributed by atoms with E-state index in [1.165, 1.54) is 11.0 Å². The number of para-hydroxylation sites is 2. The van der Waals surface area contributed by atoms with Gasteiger partial charge in [0.25, 0.3) is 0 Å². The first-order valence-electron chi connectivity index (χ1n) is 6.59. The van der Waals surface area contributed by atoms with Gasteiger partial charge in [0, 0.05) is 0 Å². The van der Waals surface area contributed by atoms with Gasteiger partial charge in [-0.25, -0.2) is 9.13 Å². The van der Waals surface area contributed by atoms with E-state index in [9.17, 15) is 0 Å². The number of halogens is 1. The molecular weight excluding hydrogens is 328 g/mol. The normalized spacial score (nSPS) is 10.6. The van der Waals surface area contributed by atoms with Crippen LogP contribution in [0, 0.1) is 11.5 Å². The van der Waals surface area contributed by atoms with Crippen molar-refractivity contribution in [2.24, 2.45) is 0 Å². The summed E-state index contributed by atoms with van der Waals surface area (Å²) in [4.78, 5) is 0. The minimum absolute atomic E-state index is 0. The molecule has 20 heavy (non-hydrogen) atoms. The fourth-order valence-electron chi connectivity index (χ4n) is 2.04. The topological polar surface area (TPSA) is 8.81 Å². The fraction of sp³-hybridized carbons (Fsp3) is 0.312. The lowest BCUT2D eigenvalue weighted by atomic mass is 10.3. The Labute approximate surface area is 132 Å². The smallest absolute Gasteiger partial charge is 0.245 e. The quantitative estimate of drug-likeness (QED) is 0.319. The van der Waals surface area contributed by atoms with Crippen molar-refractivity contribution in [3.05, 3.63) is 43.2 Å². The largest absolute Gasteiger partial charge is 1.00 e. The maximum atomic E-state index is 3.81. The van der Waals surface area contributed by atoms with Crippen molar-refractivity contribution in [2.75, 3.05) is 0 Å². The second-order valence-corrected chi connectivity index (χ2v) is 10.5. The Hall–Kier alpha value is -1.31. The summed E-state index contributed by atoms with van der Waals surface area (Å²) in [7, 11) is -1.28. The molecule has 0 aliphatic rings. The number of allylic oxidation sites excluding steroid dienone is 1. The van der Waals surface area contributed by atoms with Gasteiger partial charge in [0.15, 0.2) is 17.6 Å². The predicted molar refractivity (Wildman–Crippen MR) is 83.5 cm³/mol. The monoisotopic (exact) mass is 348 g/mol. The van der Waals surface area contributed by atoms with E-state index in [2.05, 4.69) is 77.4 Å². The molecule has 0 amide bonds. The number of hydrogen-bond donors (Lipinski definition) is 0. The maximum absolute atomic E-state index is 3.81. The van der Waals surface area contributed by atoms with Gasteiger partial charge < -0.3 is 17.0 Å². The summed E-state index contributed by atoms with van der Waals surface area (Å²) < 4.78 is 4.42. The van der Waals surface area contributed by atoms with Crippen LogP contribution in [0.2, 0.25) is 19.6 Å². The molecule has 0 saturated heterocycles. The standard InChI is InChI=1S/C16H21N2Si.BrH/c1-5-11-17-14-18(12-8-13-19(2,3)4)16-10-7-6-9-15(16)17;/h5-7,9-10,14H,1,11-12H2,2-4H3;1H/q+1;/p-1. The van der Waals surface area contributed by atoms with Gasteiger partial charge in [-0.1, -0.05) is 50.3 Å². The molecule has 0 bridgehead atoms. The molecule has 0 spiro atoms. The average molecular weight is 349 g/mol. The lowest BCUT2D eigenvalue weighted by Crippen LogP contribution is -3.00. The summed E-state index contributed by atoms with van der Waals surface area (Å²) in [6, 6.07) is 8.43. The third kappa shape index (κ3) is 4.09. The van der Waals surface area contributed by atoms with Crippen LogP contribution in [-0.2, 0) is 13.1 Å². The number of nitrogens with zero attached hydrogens (tertiary/aromatic N) is 2. The van der Waals surface area contributed by atoms with Crippen LogP contribution in [0.25, 0.3) is 11.0 Å². The Morgan fingerprint density at radius 2 is 2.00 bits per heavy atom. The third-order valence-corrected chi connectivity index (χ3v) is 3.74. The summed E-state index contributed by atoms with van der Waals surface area (Å²) in [5.74, 6) is 3.32. The molecule has 1 heterocycles. The summed E-state index contributed by atoms with van der Waals surface area (Å²) in [6.07, 6.45) is 4.05. The number of hydrogen-bond acceptors (Lipinski definition) is 0. The van der Waals surface area contributed by atoms with E-state index >= 15 is 0 Å². The molecule has 0 atom stereocenters. The Bertz CT molecular complexity index is 656. The van der Waals surface area contributed by atoms with E-state index in [-0.39, 0.29) is 17.0 Å². The third-order valence-electron chi connectivity index (χ3n) is 2.82. The molecule has 2 rings (SSSR count). The second kappa shape index (κ2) is 6.92. The zero-order valence-corrected chi connectivity index (χ0v) is 14.9. The highest BCUT2D eigenvalue weighted by Crippen LogP contribution is 2.10. The van der Waals surface area contributed by atoms with Crippen LogP contribution in [0.1, 0.15) is 0 Å². The molecule has 0 N–H and O–H groups in total. The molecule has 0 saturated carbocycles. The van der Waals surface area contributed by atoms with Crippen LogP contribution < -0.4 is 21.5 Å². The summed E-state index contributed by atoms with van der Waals surface area (Å²) in [5, 5.41) is 0. The summed E-state index contributed by atoms with van der Waals surface area (Å²) in [6.45, 7) is 12.2. The molecule has 0 fully saturated rings. The van der Waals surface area contributed by atoms with Gasteiger partial charge in [-0.15, -0.1) is 5.54 Å². The molecule has 0 radical (unpaired) electrons. The van der Waals surface area contributed by atoms with Crippen LogP contribution in [0.15, 0.2) is 43.2 Å². The van der Waals surface area contributed by atoms with Crippen LogP contribution in [0.5, 0.6) is 0 Å². The van der Waals surface area contributed by atoms with E-state index in [1.807, 2.05) is 6.08 Å². The number of rotatable bonds is 3. The first kappa shape index (κ1) is 16.7. The molecule has 0 aliphatic heterocycles. The number of aromatic nitrogens is 2. The van der Waals surface area contributed by atoms with E-state index in [4.69, 9.17) is 0 Å². The summed E-state index contributed by atoms with van der Waals surface area (Å²) in [5.41, 5.74) is 5.88. The van der Waals surface area contributed by atoms with Crippen LogP contribution >= 0.6 is 0 Å². The Kier molecular flexibility index (Phi) is 5.79. The lowest BCUT2D eigenvalue weighted by Gasteiger charge is -2.02. The predicted octanol–water partition coefficient (Wildman–Crippen LogP) is -0.000400. The van der Waals surface area contributed by atoms with Gasteiger partial charge in [-0.05, 0) is 12.1 Å². The highest BCUT2D eigenvalue weighted by Gasteiger charge is 2.13. The van der Waals surface area contributed by atoms with Crippen LogP contribution in [0.3, 0.4) is 0 Å². The molecule has 0 unspecified atom stereocenters. The zero-order chi connectivity index (χ0) is 13.9. The van der Waals surface area contributed by atoms with Crippen LogP contribution in [0.4, 0.5) is 0 Å². The van der Waals surface area contributed by atoms with Crippen molar-refractivity contribution < 1.29 is 21.5 Å². The van der Waals surface area contributed by atoms with Crippen LogP contribution in [-0.4, -0.2) is 12.6 Å². The van der Waals surface area contributed by atoms with Crippen molar-refractivity contribution in [3.8, 4) is 11.5 Å². The molecule has 106 valence electrons. The van der Waals surface area contributed by atoms with Gasteiger partial charge in [-0.3, -0.25) is 0 Å². The number of imidazole rings is 1. The van der Waals surface area contributed by atoms with Crippen molar-refractivity contribution in [1.29, 1.82) is 0 Å². The molecule has 4 heteroatoms. The van der Waals surface area contributed by atoms with Gasteiger partial charge >= 0.3 is 0 Å². The molecule has 0 aliphatic carbocycles. The Morgan fingerprint density at radius 1 is 1.30 bits per heavy atom. The highest BCUT2D eigenvalue weighted by molar-refractivity contribution is 6.83. The molecular formula is C16H21BrN2Si. The van der Waals surface area contributed by atoms with E-state index in [0.29, 0.717) is 0 Å². The first-order valence-corrected chi connectivity index (χ1v) is 10.1. The van der Waals surface area contributed by atoms with Gasteiger partial charge in [-0.2, -0.15) is 0 Å². The van der Waals surface area contributed by atoms with Gasteiger partial charge in [0.05, 0.1) is 0 Å². The molecule has 2 aromatic rings. The van der Waals surface area contributed by atoms with E-state index in [0.717, 1.165) is 13.1 Å². The van der Waals surface area contributed by atoms with E-state index in [1.54, 1.807) is 0 Å².